The molecule has 2 heterocycles. The van der Waals surface area contributed by atoms with Crippen molar-refractivity contribution in [3.05, 3.63) is 51.7 Å². The topological polar surface area (TPSA) is 35.6 Å². The van der Waals surface area contributed by atoms with Crippen LogP contribution in [-0.2, 0) is 11.3 Å². The second-order valence-electron chi connectivity index (χ2n) is 6.78. The molecule has 24 heavy (non-hydrogen) atoms. The number of nitrogens with one attached hydrogen (secondary N) is 1. The molecule has 4 nitrogen and oxygen atoms in total. The Morgan fingerprint density at radius 2 is 2.00 bits per heavy atom. The third-order valence-corrected chi connectivity index (χ3v) is 5.35. The highest BCUT2D eigenvalue weighted by Crippen LogP contribution is 2.48. The molecule has 0 bridgehead atoms. The Kier molecular flexibility index (Phi) is 3.19. The number of amides is 1. The van der Waals surface area contributed by atoms with Crippen molar-refractivity contribution < 1.29 is 9.18 Å². The van der Waals surface area contributed by atoms with Crippen LogP contribution < -0.4 is 15.3 Å². The predicted molar refractivity (Wildman–Crippen MR) is 96.6 cm³/mol. The number of aryl methyl sites for hydroxylation is 1. The summed E-state index contributed by atoms with van der Waals surface area (Å²) < 4.78 is 14.8. The van der Waals surface area contributed by atoms with E-state index in [0.29, 0.717) is 12.2 Å². The first-order valence-corrected chi connectivity index (χ1v) is 8.56. The minimum atomic E-state index is -0.734. The van der Waals surface area contributed by atoms with E-state index >= 15 is 0 Å². The van der Waals surface area contributed by atoms with Crippen molar-refractivity contribution in [1.29, 1.82) is 0 Å². The molecule has 0 saturated carbocycles. The monoisotopic (exact) mass is 389 g/mol. The molecule has 1 N–H and O–H groups in total. The van der Waals surface area contributed by atoms with E-state index in [4.69, 9.17) is 0 Å². The van der Waals surface area contributed by atoms with Crippen LogP contribution in [-0.4, -0.2) is 11.4 Å². The van der Waals surface area contributed by atoms with E-state index in [9.17, 15) is 9.18 Å². The molecule has 0 aliphatic carbocycles. The lowest BCUT2D eigenvalue weighted by atomic mass is 9.98. The van der Waals surface area contributed by atoms with E-state index in [0.717, 1.165) is 27.0 Å². The summed E-state index contributed by atoms with van der Waals surface area (Å²) in [6, 6.07) is 8.60. The van der Waals surface area contributed by atoms with Crippen molar-refractivity contribution in [2.45, 2.75) is 32.9 Å². The molecule has 0 atom stereocenters. The van der Waals surface area contributed by atoms with Gasteiger partial charge in [0.1, 0.15) is 11.4 Å². The Bertz CT molecular complexity index is 881. The first kappa shape index (κ1) is 15.4. The fourth-order valence-corrected chi connectivity index (χ4v) is 3.81. The standard InChI is InChI=1S/C18H17BrFN3O/c1-10-4-5-11(20)8-15(10)22-9-12-13(19)6-7-14-16(12)23(22)17(24)18(2,3)21-14/h4-8,21H,9H2,1-3H3. The van der Waals surface area contributed by atoms with Gasteiger partial charge in [-0.15, -0.1) is 0 Å². The van der Waals surface area contributed by atoms with Crippen molar-refractivity contribution in [2.24, 2.45) is 0 Å². The van der Waals surface area contributed by atoms with E-state index in [1.807, 2.05) is 37.9 Å². The van der Waals surface area contributed by atoms with Gasteiger partial charge >= 0.3 is 0 Å². The van der Waals surface area contributed by atoms with Crippen LogP contribution in [0.4, 0.5) is 21.5 Å². The van der Waals surface area contributed by atoms with Crippen molar-refractivity contribution in [3.8, 4) is 0 Å². The van der Waals surface area contributed by atoms with E-state index in [-0.39, 0.29) is 11.7 Å². The van der Waals surface area contributed by atoms with Crippen molar-refractivity contribution >= 4 is 38.9 Å². The maximum Gasteiger partial charge on any atom is 0.270 e. The smallest absolute Gasteiger partial charge is 0.270 e. The zero-order valence-electron chi connectivity index (χ0n) is 13.7. The number of carbonyl (C=O) groups excluding carboxylic acids is 1. The molecular weight excluding hydrogens is 373 g/mol. The van der Waals surface area contributed by atoms with E-state index < -0.39 is 5.54 Å². The van der Waals surface area contributed by atoms with Crippen molar-refractivity contribution in [2.75, 3.05) is 15.3 Å². The van der Waals surface area contributed by atoms with Crippen LogP contribution in [0.1, 0.15) is 25.0 Å². The molecule has 2 aromatic rings. The lowest BCUT2D eigenvalue weighted by Gasteiger charge is -2.41. The Morgan fingerprint density at radius 1 is 1.25 bits per heavy atom. The van der Waals surface area contributed by atoms with Gasteiger partial charge in [-0.05, 0) is 50.6 Å². The third-order valence-electron chi connectivity index (χ3n) is 4.61. The van der Waals surface area contributed by atoms with Gasteiger partial charge < -0.3 is 5.32 Å². The van der Waals surface area contributed by atoms with Gasteiger partial charge in [0.15, 0.2) is 0 Å². The molecule has 124 valence electrons. The van der Waals surface area contributed by atoms with Crippen LogP contribution in [0, 0.1) is 12.7 Å². The Hall–Kier alpha value is -2.08. The SMILES string of the molecule is Cc1ccc(F)cc1N1Cc2c(Br)ccc3c2N1C(=O)C(C)(C)N3. The normalized spacial score (nSPS) is 17.8. The van der Waals surface area contributed by atoms with Gasteiger partial charge in [0.2, 0.25) is 0 Å². The molecule has 0 saturated heterocycles. The molecule has 0 aromatic heterocycles. The number of hydrazine groups is 1. The van der Waals surface area contributed by atoms with E-state index in [1.165, 1.54) is 12.1 Å². The zero-order chi connectivity index (χ0) is 17.2. The number of carbonyl (C=O) groups is 1. The van der Waals surface area contributed by atoms with Gasteiger partial charge in [0, 0.05) is 10.0 Å². The largest absolute Gasteiger partial charge is 0.370 e. The van der Waals surface area contributed by atoms with Crippen LogP contribution in [0.2, 0.25) is 0 Å². The second-order valence-corrected chi connectivity index (χ2v) is 7.63. The van der Waals surface area contributed by atoms with Gasteiger partial charge in [-0.25, -0.2) is 9.40 Å². The van der Waals surface area contributed by atoms with Gasteiger partial charge in [-0.2, -0.15) is 0 Å². The lowest BCUT2D eigenvalue weighted by Crippen LogP contribution is -2.57. The number of nitrogens with zero attached hydrogens (tertiary/aromatic N) is 2. The summed E-state index contributed by atoms with van der Waals surface area (Å²) in [5.74, 6) is -0.372. The molecule has 2 aliphatic heterocycles. The number of rotatable bonds is 1. The van der Waals surface area contributed by atoms with Crippen LogP contribution in [0.5, 0.6) is 0 Å². The number of halogens is 2. The highest BCUT2D eigenvalue weighted by Gasteiger charge is 2.46. The van der Waals surface area contributed by atoms with E-state index in [2.05, 4.69) is 21.2 Å². The molecule has 0 spiro atoms. The Morgan fingerprint density at radius 3 is 2.75 bits per heavy atom. The minimum Gasteiger partial charge on any atom is -0.370 e. The highest BCUT2D eigenvalue weighted by atomic mass is 79.9. The number of hydrogen-bond acceptors (Lipinski definition) is 3. The molecular formula is C18H17BrFN3O. The lowest BCUT2D eigenvalue weighted by molar-refractivity contribution is -0.122. The van der Waals surface area contributed by atoms with Crippen LogP contribution in [0.15, 0.2) is 34.8 Å². The first-order valence-electron chi connectivity index (χ1n) is 7.77. The summed E-state index contributed by atoms with van der Waals surface area (Å²) in [7, 11) is 0. The molecule has 4 rings (SSSR count). The van der Waals surface area contributed by atoms with Gasteiger partial charge in [-0.3, -0.25) is 9.80 Å². The van der Waals surface area contributed by atoms with Gasteiger partial charge in [0.05, 0.1) is 23.6 Å². The summed E-state index contributed by atoms with van der Waals surface area (Å²) in [6.07, 6.45) is 0. The molecule has 2 aromatic carbocycles. The second kappa shape index (κ2) is 4.96. The maximum atomic E-state index is 13.8. The molecule has 2 aliphatic rings. The van der Waals surface area contributed by atoms with Crippen LogP contribution >= 0.6 is 15.9 Å². The summed E-state index contributed by atoms with van der Waals surface area (Å²) in [6.45, 7) is 6.15. The number of benzene rings is 2. The minimum absolute atomic E-state index is 0.0597. The summed E-state index contributed by atoms with van der Waals surface area (Å²) >= 11 is 3.58. The van der Waals surface area contributed by atoms with Gasteiger partial charge in [-0.1, -0.05) is 22.0 Å². The van der Waals surface area contributed by atoms with E-state index in [1.54, 1.807) is 11.1 Å². The number of anilines is 3. The molecule has 0 unspecified atom stereocenters. The van der Waals surface area contributed by atoms with Gasteiger partial charge in [0.25, 0.3) is 5.91 Å². The average molecular weight is 390 g/mol. The highest BCUT2D eigenvalue weighted by molar-refractivity contribution is 9.10. The predicted octanol–water partition coefficient (Wildman–Crippen LogP) is 4.37. The van der Waals surface area contributed by atoms with Crippen LogP contribution in [0.25, 0.3) is 0 Å². The quantitative estimate of drug-likeness (QED) is 0.786. The third kappa shape index (κ3) is 2.05. The Labute approximate surface area is 148 Å². The van der Waals surface area contributed by atoms with Crippen LogP contribution in [0.3, 0.4) is 0 Å². The Balaban J connectivity index is 1.94. The van der Waals surface area contributed by atoms with Crippen molar-refractivity contribution in [3.63, 3.8) is 0 Å². The summed E-state index contributed by atoms with van der Waals surface area (Å²) in [5, 5.41) is 6.86. The fourth-order valence-electron chi connectivity index (χ4n) is 3.37. The summed E-state index contributed by atoms with van der Waals surface area (Å²) in [4.78, 5) is 13.1. The maximum absolute atomic E-state index is 13.8. The molecule has 1 amide bonds. The molecule has 6 heteroatoms. The number of hydrogen-bond donors (Lipinski definition) is 1. The first-order chi connectivity index (χ1) is 11.3. The zero-order valence-corrected chi connectivity index (χ0v) is 15.2. The molecule has 0 radical (unpaired) electrons. The average Bonchev–Trinajstić information content (AvgIpc) is 2.92. The van der Waals surface area contributed by atoms with Crippen molar-refractivity contribution in [1.82, 2.24) is 0 Å². The summed E-state index contributed by atoms with van der Waals surface area (Å²) in [5.41, 5.74) is 3.67. The fraction of sp³-hybridized carbons (Fsp3) is 0.278. The molecule has 0 fully saturated rings.